The zero-order valence-corrected chi connectivity index (χ0v) is 8.35. The summed E-state index contributed by atoms with van der Waals surface area (Å²) in [6.07, 6.45) is 2.00. The number of hydrogen-bond acceptors (Lipinski definition) is 3. The Hall–Kier alpha value is -0.770. The molecule has 4 nitrogen and oxygen atoms in total. The molecule has 1 saturated heterocycles. The van der Waals surface area contributed by atoms with Crippen LogP contribution in [0.5, 0.6) is 0 Å². The van der Waals surface area contributed by atoms with Crippen molar-refractivity contribution in [2.75, 3.05) is 26.7 Å². The molecule has 1 aliphatic heterocycles. The summed E-state index contributed by atoms with van der Waals surface area (Å²) in [6.45, 7) is 4.92. The molecule has 0 bridgehead atoms. The number of carbonyl (C=O) groups excluding carboxylic acids is 1. The van der Waals surface area contributed by atoms with Crippen molar-refractivity contribution in [1.29, 1.82) is 0 Å². The fourth-order valence-corrected chi connectivity index (χ4v) is 1.63. The fourth-order valence-electron chi connectivity index (χ4n) is 1.63. The van der Waals surface area contributed by atoms with Crippen LogP contribution in [0.25, 0.3) is 0 Å². The van der Waals surface area contributed by atoms with Gasteiger partial charge in [0.05, 0.1) is 7.11 Å². The summed E-state index contributed by atoms with van der Waals surface area (Å²) in [5.41, 5.74) is 0.187. The van der Waals surface area contributed by atoms with Crippen molar-refractivity contribution in [3.63, 3.8) is 0 Å². The molecule has 1 rings (SSSR count). The normalized spacial score (nSPS) is 28.2. The number of ether oxygens (including phenoxy) is 1. The maximum atomic E-state index is 10.8. The number of methoxy groups -OCH3 is 1. The average Bonchev–Trinajstić information content (AvgIpc) is 2.15. The number of piperidine rings is 1. The second-order valence-electron chi connectivity index (χ2n) is 3.94. The van der Waals surface area contributed by atoms with Crippen LogP contribution in [-0.4, -0.2) is 32.8 Å². The van der Waals surface area contributed by atoms with E-state index >= 15 is 0 Å². The van der Waals surface area contributed by atoms with Crippen LogP contribution >= 0.6 is 0 Å². The van der Waals surface area contributed by atoms with Crippen LogP contribution in [-0.2, 0) is 4.74 Å². The van der Waals surface area contributed by atoms with E-state index in [2.05, 4.69) is 22.3 Å². The first kappa shape index (κ1) is 10.3. The molecule has 0 spiro atoms. The van der Waals surface area contributed by atoms with Crippen LogP contribution in [0.4, 0.5) is 4.79 Å². The van der Waals surface area contributed by atoms with Crippen molar-refractivity contribution in [2.24, 2.45) is 5.41 Å². The Balaban J connectivity index is 2.28. The molecule has 0 aliphatic carbocycles. The fraction of sp³-hybridized carbons (Fsp3) is 0.889. The Morgan fingerprint density at radius 3 is 3.00 bits per heavy atom. The second kappa shape index (κ2) is 4.46. The van der Waals surface area contributed by atoms with Crippen molar-refractivity contribution in [2.45, 2.75) is 19.8 Å². The second-order valence-corrected chi connectivity index (χ2v) is 3.94. The Morgan fingerprint density at radius 1 is 1.69 bits per heavy atom. The standard InChI is InChI=1S/C9H18N2O2/c1-9(4-3-5-10-6-9)7-11-8(12)13-2/h10H,3-7H2,1-2H3,(H,11,12). The van der Waals surface area contributed by atoms with Gasteiger partial charge in [0.15, 0.2) is 0 Å². The van der Waals surface area contributed by atoms with Crippen LogP contribution < -0.4 is 10.6 Å². The summed E-state index contributed by atoms with van der Waals surface area (Å²) >= 11 is 0. The molecule has 1 atom stereocenters. The van der Waals surface area contributed by atoms with E-state index in [4.69, 9.17) is 0 Å². The minimum Gasteiger partial charge on any atom is -0.453 e. The van der Waals surface area contributed by atoms with E-state index in [1.54, 1.807) is 0 Å². The quantitative estimate of drug-likeness (QED) is 0.668. The predicted molar refractivity (Wildman–Crippen MR) is 50.6 cm³/mol. The number of alkyl carbamates (subject to hydrolysis) is 1. The highest BCUT2D eigenvalue weighted by Crippen LogP contribution is 2.23. The lowest BCUT2D eigenvalue weighted by Gasteiger charge is -2.33. The lowest BCUT2D eigenvalue weighted by molar-refractivity contribution is 0.158. The van der Waals surface area contributed by atoms with Crippen LogP contribution in [0.2, 0.25) is 0 Å². The van der Waals surface area contributed by atoms with Gasteiger partial charge in [-0.3, -0.25) is 0 Å². The smallest absolute Gasteiger partial charge is 0.406 e. The van der Waals surface area contributed by atoms with Gasteiger partial charge in [-0.1, -0.05) is 6.92 Å². The van der Waals surface area contributed by atoms with Crippen molar-refractivity contribution in [1.82, 2.24) is 10.6 Å². The molecule has 1 fully saturated rings. The van der Waals surface area contributed by atoms with Crippen LogP contribution in [0, 0.1) is 5.41 Å². The molecule has 76 valence electrons. The largest absolute Gasteiger partial charge is 0.453 e. The van der Waals surface area contributed by atoms with Crippen LogP contribution in [0.3, 0.4) is 0 Å². The molecule has 1 amide bonds. The van der Waals surface area contributed by atoms with Gasteiger partial charge < -0.3 is 15.4 Å². The summed E-state index contributed by atoms with van der Waals surface area (Å²) in [5.74, 6) is 0. The summed E-state index contributed by atoms with van der Waals surface area (Å²) in [5, 5.41) is 6.07. The Kier molecular flexibility index (Phi) is 3.54. The molecule has 2 N–H and O–H groups in total. The number of amides is 1. The van der Waals surface area contributed by atoms with Gasteiger partial charge in [-0.05, 0) is 24.8 Å². The van der Waals surface area contributed by atoms with E-state index in [0.717, 1.165) is 19.5 Å². The average molecular weight is 186 g/mol. The van der Waals surface area contributed by atoms with E-state index in [1.165, 1.54) is 13.5 Å². The van der Waals surface area contributed by atoms with Gasteiger partial charge in [0.25, 0.3) is 0 Å². The van der Waals surface area contributed by atoms with Crippen LogP contribution in [0.1, 0.15) is 19.8 Å². The number of carbonyl (C=O) groups is 1. The molecule has 13 heavy (non-hydrogen) atoms. The van der Waals surface area contributed by atoms with E-state index in [0.29, 0.717) is 6.54 Å². The third-order valence-electron chi connectivity index (χ3n) is 2.53. The SMILES string of the molecule is COC(=O)NCC1(C)CCCNC1. The number of hydrogen-bond donors (Lipinski definition) is 2. The van der Waals surface area contributed by atoms with E-state index in [-0.39, 0.29) is 11.5 Å². The third kappa shape index (κ3) is 3.22. The van der Waals surface area contributed by atoms with Crippen molar-refractivity contribution in [3.05, 3.63) is 0 Å². The van der Waals surface area contributed by atoms with E-state index in [1.807, 2.05) is 0 Å². The zero-order chi connectivity index (χ0) is 9.73. The lowest BCUT2D eigenvalue weighted by atomic mass is 9.83. The molecule has 0 aromatic rings. The van der Waals surface area contributed by atoms with E-state index < -0.39 is 0 Å². The first-order valence-corrected chi connectivity index (χ1v) is 4.69. The number of nitrogens with one attached hydrogen (secondary N) is 2. The Labute approximate surface area is 79.0 Å². The highest BCUT2D eigenvalue weighted by atomic mass is 16.5. The minimum atomic E-state index is -0.341. The lowest BCUT2D eigenvalue weighted by Crippen LogP contribution is -2.45. The van der Waals surface area contributed by atoms with Crippen molar-refractivity contribution >= 4 is 6.09 Å². The first-order chi connectivity index (χ1) is 6.16. The molecule has 1 aliphatic rings. The van der Waals surface area contributed by atoms with Crippen molar-refractivity contribution in [3.8, 4) is 0 Å². The van der Waals surface area contributed by atoms with Crippen molar-refractivity contribution < 1.29 is 9.53 Å². The van der Waals surface area contributed by atoms with Gasteiger partial charge in [-0.15, -0.1) is 0 Å². The van der Waals surface area contributed by atoms with Gasteiger partial charge in [0, 0.05) is 13.1 Å². The highest BCUT2D eigenvalue weighted by molar-refractivity contribution is 5.66. The number of rotatable bonds is 2. The van der Waals surface area contributed by atoms with Gasteiger partial charge in [-0.25, -0.2) is 4.79 Å². The Morgan fingerprint density at radius 2 is 2.46 bits per heavy atom. The molecule has 1 heterocycles. The summed E-state index contributed by atoms with van der Waals surface area (Å²) < 4.78 is 4.52. The minimum absolute atomic E-state index is 0.187. The third-order valence-corrected chi connectivity index (χ3v) is 2.53. The molecule has 0 aromatic heterocycles. The summed E-state index contributed by atoms with van der Waals surface area (Å²) in [6, 6.07) is 0. The van der Waals surface area contributed by atoms with E-state index in [9.17, 15) is 4.79 Å². The molecular formula is C9H18N2O2. The molecule has 0 saturated carbocycles. The molecule has 4 heteroatoms. The van der Waals surface area contributed by atoms with Gasteiger partial charge in [0.1, 0.15) is 0 Å². The maximum absolute atomic E-state index is 10.8. The monoisotopic (exact) mass is 186 g/mol. The first-order valence-electron chi connectivity index (χ1n) is 4.69. The van der Waals surface area contributed by atoms with Crippen LogP contribution in [0.15, 0.2) is 0 Å². The molecule has 0 radical (unpaired) electrons. The Bertz CT molecular complexity index is 176. The zero-order valence-electron chi connectivity index (χ0n) is 8.35. The van der Waals surface area contributed by atoms with Gasteiger partial charge in [-0.2, -0.15) is 0 Å². The molecule has 0 aromatic carbocycles. The predicted octanol–water partition coefficient (Wildman–Crippen LogP) is 0.732. The highest BCUT2D eigenvalue weighted by Gasteiger charge is 2.26. The molecule has 1 unspecified atom stereocenters. The summed E-state index contributed by atoms with van der Waals surface area (Å²) in [7, 11) is 1.39. The maximum Gasteiger partial charge on any atom is 0.406 e. The van der Waals surface area contributed by atoms with Gasteiger partial charge in [0.2, 0.25) is 0 Å². The molecular weight excluding hydrogens is 168 g/mol. The van der Waals surface area contributed by atoms with Gasteiger partial charge >= 0.3 is 6.09 Å². The topological polar surface area (TPSA) is 50.4 Å². The summed E-state index contributed by atoms with van der Waals surface area (Å²) in [4.78, 5) is 10.8.